The number of anilines is 1. The van der Waals surface area contributed by atoms with Crippen LogP contribution < -0.4 is 4.72 Å². The molecule has 0 bridgehead atoms. The van der Waals surface area contributed by atoms with Gasteiger partial charge >= 0.3 is 0 Å². The molecule has 0 fully saturated rings. The number of rotatable bonds is 6. The molecule has 0 aliphatic heterocycles. The van der Waals surface area contributed by atoms with Crippen LogP contribution in [0.15, 0.2) is 24.3 Å². The molecule has 7 heteroatoms. The van der Waals surface area contributed by atoms with Crippen molar-refractivity contribution in [3.05, 3.63) is 46.9 Å². The largest absolute Gasteiger partial charge is 0.280 e. The Morgan fingerprint density at radius 1 is 1.33 bits per heavy atom. The van der Waals surface area contributed by atoms with Crippen molar-refractivity contribution in [2.45, 2.75) is 32.4 Å². The Hall–Kier alpha value is -1.89. The molecule has 21 heavy (non-hydrogen) atoms. The minimum atomic E-state index is -3.62. The molecule has 0 unspecified atom stereocenters. The summed E-state index contributed by atoms with van der Waals surface area (Å²) < 4.78 is 39.9. The predicted molar refractivity (Wildman–Crippen MR) is 80.0 cm³/mol. The molecule has 114 valence electrons. The smallest absolute Gasteiger partial charge is 0.238 e. The summed E-state index contributed by atoms with van der Waals surface area (Å²) in [6.07, 6.45) is 1.74. The number of aromatic amines is 1. The van der Waals surface area contributed by atoms with E-state index < -0.39 is 15.8 Å². The minimum Gasteiger partial charge on any atom is -0.280 e. The van der Waals surface area contributed by atoms with Crippen molar-refractivity contribution in [2.24, 2.45) is 0 Å². The van der Waals surface area contributed by atoms with Crippen LogP contribution in [-0.4, -0.2) is 18.6 Å². The standard InChI is InChI=1S/C14H18FN3O2S/c1-3-4-12-8-14(17-16-12)18-21(19,20)9-11-6-5-10(2)13(15)7-11/h5-8H,3-4,9H2,1-2H3,(H2,16,17,18). The highest BCUT2D eigenvalue weighted by Crippen LogP contribution is 2.15. The van der Waals surface area contributed by atoms with E-state index in [-0.39, 0.29) is 11.6 Å². The average molecular weight is 311 g/mol. The van der Waals surface area contributed by atoms with Gasteiger partial charge in [0.15, 0.2) is 5.82 Å². The van der Waals surface area contributed by atoms with Gasteiger partial charge in [0.1, 0.15) is 5.82 Å². The third kappa shape index (κ3) is 4.29. The summed E-state index contributed by atoms with van der Waals surface area (Å²) in [6, 6.07) is 6.07. The van der Waals surface area contributed by atoms with Crippen molar-refractivity contribution in [3.63, 3.8) is 0 Å². The van der Waals surface area contributed by atoms with E-state index in [0.717, 1.165) is 18.5 Å². The van der Waals surface area contributed by atoms with Crippen molar-refractivity contribution in [2.75, 3.05) is 4.72 Å². The van der Waals surface area contributed by atoms with Gasteiger partial charge in [-0.25, -0.2) is 12.8 Å². The van der Waals surface area contributed by atoms with Gasteiger partial charge in [0.2, 0.25) is 10.0 Å². The zero-order valence-electron chi connectivity index (χ0n) is 12.0. The molecule has 1 heterocycles. The van der Waals surface area contributed by atoms with Gasteiger partial charge in [0, 0.05) is 11.8 Å². The topological polar surface area (TPSA) is 74.8 Å². The molecule has 0 atom stereocenters. The number of nitrogens with one attached hydrogen (secondary N) is 2. The molecule has 2 N–H and O–H groups in total. The molecule has 1 aromatic heterocycles. The maximum atomic E-state index is 13.4. The zero-order chi connectivity index (χ0) is 15.5. The lowest BCUT2D eigenvalue weighted by Crippen LogP contribution is -2.15. The second-order valence-corrected chi connectivity index (χ2v) is 6.70. The van der Waals surface area contributed by atoms with E-state index in [0.29, 0.717) is 11.1 Å². The van der Waals surface area contributed by atoms with Gasteiger partial charge < -0.3 is 0 Å². The molecule has 0 radical (unpaired) electrons. The van der Waals surface area contributed by atoms with Gasteiger partial charge in [-0.3, -0.25) is 9.82 Å². The van der Waals surface area contributed by atoms with E-state index >= 15 is 0 Å². The highest BCUT2D eigenvalue weighted by atomic mass is 32.2. The minimum absolute atomic E-state index is 0.256. The lowest BCUT2D eigenvalue weighted by atomic mass is 10.2. The van der Waals surface area contributed by atoms with Gasteiger partial charge in [0.05, 0.1) is 5.75 Å². The molecular weight excluding hydrogens is 293 g/mol. The van der Waals surface area contributed by atoms with Crippen molar-refractivity contribution in [3.8, 4) is 0 Å². The first kappa shape index (κ1) is 15.5. The zero-order valence-corrected chi connectivity index (χ0v) is 12.8. The van der Waals surface area contributed by atoms with E-state index in [4.69, 9.17) is 0 Å². The molecule has 2 rings (SSSR count). The molecular formula is C14H18FN3O2S. The summed E-state index contributed by atoms with van der Waals surface area (Å²) in [5.74, 6) is -0.445. The Labute approximate surface area is 123 Å². The SMILES string of the molecule is CCCc1cc(NS(=O)(=O)Cc2ccc(C)c(F)c2)n[nH]1. The van der Waals surface area contributed by atoms with Crippen LogP contribution in [-0.2, 0) is 22.2 Å². The summed E-state index contributed by atoms with van der Waals surface area (Å²) >= 11 is 0. The third-order valence-corrected chi connectivity index (χ3v) is 4.24. The van der Waals surface area contributed by atoms with Gasteiger partial charge in [-0.05, 0) is 30.5 Å². The maximum Gasteiger partial charge on any atom is 0.238 e. The molecule has 0 saturated heterocycles. The van der Waals surface area contributed by atoms with Crippen LogP contribution in [0.4, 0.5) is 10.2 Å². The molecule has 5 nitrogen and oxygen atoms in total. The van der Waals surface area contributed by atoms with E-state index in [1.807, 2.05) is 6.92 Å². The Kier molecular flexibility index (Phi) is 4.62. The molecule has 0 spiro atoms. The molecule has 0 amide bonds. The summed E-state index contributed by atoms with van der Waals surface area (Å²) in [4.78, 5) is 0. The number of sulfonamides is 1. The molecule has 0 aliphatic rings. The molecule has 0 aliphatic carbocycles. The molecule has 1 aromatic carbocycles. The van der Waals surface area contributed by atoms with Crippen LogP contribution in [0, 0.1) is 12.7 Å². The molecule has 2 aromatic rings. The van der Waals surface area contributed by atoms with Gasteiger partial charge in [0.25, 0.3) is 0 Å². The number of nitrogens with zero attached hydrogens (tertiary/aromatic N) is 1. The first-order valence-electron chi connectivity index (χ1n) is 6.69. The van der Waals surface area contributed by atoms with Crippen LogP contribution in [0.5, 0.6) is 0 Å². The normalized spacial score (nSPS) is 11.6. The van der Waals surface area contributed by atoms with Crippen molar-refractivity contribution in [1.29, 1.82) is 0 Å². The van der Waals surface area contributed by atoms with Gasteiger partial charge in [-0.15, -0.1) is 0 Å². The number of hydrogen-bond acceptors (Lipinski definition) is 3. The summed E-state index contributed by atoms with van der Waals surface area (Å²) in [6.45, 7) is 3.65. The van der Waals surface area contributed by atoms with Gasteiger partial charge in [-0.2, -0.15) is 5.10 Å². The average Bonchev–Trinajstić information content (AvgIpc) is 2.80. The van der Waals surface area contributed by atoms with E-state index in [9.17, 15) is 12.8 Å². The van der Waals surface area contributed by atoms with Crippen molar-refractivity contribution < 1.29 is 12.8 Å². The lowest BCUT2D eigenvalue weighted by Gasteiger charge is -2.06. The number of aromatic nitrogens is 2. The van der Waals surface area contributed by atoms with Crippen LogP contribution in [0.1, 0.15) is 30.2 Å². The summed E-state index contributed by atoms with van der Waals surface area (Å²) in [5.41, 5.74) is 1.76. The van der Waals surface area contributed by atoms with E-state index in [2.05, 4.69) is 14.9 Å². The number of hydrogen-bond donors (Lipinski definition) is 2. The van der Waals surface area contributed by atoms with Crippen molar-refractivity contribution >= 4 is 15.8 Å². The lowest BCUT2D eigenvalue weighted by molar-refractivity contribution is 0.599. The van der Waals surface area contributed by atoms with Crippen molar-refractivity contribution in [1.82, 2.24) is 10.2 Å². The van der Waals surface area contributed by atoms with Crippen LogP contribution >= 0.6 is 0 Å². The number of halogens is 1. The quantitative estimate of drug-likeness (QED) is 0.861. The first-order valence-corrected chi connectivity index (χ1v) is 8.34. The van der Waals surface area contributed by atoms with Crippen LogP contribution in [0.25, 0.3) is 0 Å². The highest BCUT2D eigenvalue weighted by Gasteiger charge is 2.14. The Bertz CT molecular complexity index is 726. The Morgan fingerprint density at radius 3 is 2.76 bits per heavy atom. The number of aryl methyl sites for hydroxylation is 2. The fourth-order valence-electron chi connectivity index (χ4n) is 1.95. The fraction of sp³-hybridized carbons (Fsp3) is 0.357. The number of benzene rings is 1. The first-order chi connectivity index (χ1) is 9.89. The van der Waals surface area contributed by atoms with Crippen LogP contribution in [0.3, 0.4) is 0 Å². The van der Waals surface area contributed by atoms with E-state index in [1.165, 1.54) is 6.07 Å². The molecule has 0 saturated carbocycles. The monoisotopic (exact) mass is 311 g/mol. The Morgan fingerprint density at radius 2 is 2.10 bits per heavy atom. The highest BCUT2D eigenvalue weighted by molar-refractivity contribution is 7.91. The maximum absolute atomic E-state index is 13.4. The predicted octanol–water partition coefficient (Wildman–Crippen LogP) is 2.75. The van der Waals surface area contributed by atoms with Gasteiger partial charge in [-0.1, -0.05) is 25.5 Å². The summed E-state index contributed by atoms with van der Waals surface area (Å²) in [7, 11) is -3.62. The van der Waals surface area contributed by atoms with E-state index in [1.54, 1.807) is 25.1 Å². The number of H-pyrrole nitrogens is 1. The third-order valence-electron chi connectivity index (χ3n) is 3.00. The second kappa shape index (κ2) is 6.26. The summed E-state index contributed by atoms with van der Waals surface area (Å²) in [5, 5.41) is 6.68. The Balaban J connectivity index is 2.08. The second-order valence-electron chi connectivity index (χ2n) is 4.97. The fourth-order valence-corrected chi connectivity index (χ4v) is 3.07. The van der Waals surface area contributed by atoms with Crippen LogP contribution in [0.2, 0.25) is 0 Å².